The Bertz CT molecular complexity index is 336. The zero-order chi connectivity index (χ0) is 17.2. The molecule has 4 atom stereocenters. The predicted molar refractivity (Wildman–Crippen MR) is 89.5 cm³/mol. The highest BCUT2D eigenvalue weighted by Crippen LogP contribution is 2.30. The molecule has 0 aliphatic carbocycles. The zero-order valence-corrected chi connectivity index (χ0v) is 14.8. The van der Waals surface area contributed by atoms with Crippen LogP contribution in [0.1, 0.15) is 66.2 Å². The van der Waals surface area contributed by atoms with Crippen molar-refractivity contribution in [3.8, 4) is 0 Å². The molecule has 22 heavy (non-hydrogen) atoms. The smallest absolute Gasteiger partial charge is 0.308 e. The Hall–Kier alpha value is -0.870. The number of carbonyl (C=O) groups is 1. The van der Waals surface area contributed by atoms with E-state index in [1.807, 2.05) is 13.8 Å². The molecule has 0 bridgehead atoms. The normalized spacial score (nSPS) is 18.7. The van der Waals surface area contributed by atoms with Gasteiger partial charge in [-0.15, -0.1) is 0 Å². The summed E-state index contributed by atoms with van der Waals surface area (Å²) in [7, 11) is 1.32. The van der Waals surface area contributed by atoms with Gasteiger partial charge in [0, 0.05) is 0 Å². The lowest BCUT2D eigenvalue weighted by atomic mass is 9.80. The molecule has 0 radical (unpaired) electrons. The van der Waals surface area contributed by atoms with Gasteiger partial charge in [0.05, 0.1) is 25.2 Å². The summed E-state index contributed by atoms with van der Waals surface area (Å²) in [6, 6.07) is 0. The van der Waals surface area contributed by atoms with Crippen molar-refractivity contribution in [2.45, 2.75) is 77.9 Å². The Morgan fingerprint density at radius 1 is 1.23 bits per heavy atom. The van der Waals surface area contributed by atoms with Gasteiger partial charge in [0.25, 0.3) is 0 Å². The number of hydrogen-bond acceptors (Lipinski definition) is 4. The van der Waals surface area contributed by atoms with E-state index in [0.29, 0.717) is 18.8 Å². The van der Waals surface area contributed by atoms with E-state index in [4.69, 9.17) is 0 Å². The summed E-state index contributed by atoms with van der Waals surface area (Å²) in [6.07, 6.45) is 7.36. The summed E-state index contributed by atoms with van der Waals surface area (Å²) in [6.45, 7) is 8.00. The fraction of sp³-hybridized carbons (Fsp3) is 0.833. The molecule has 0 saturated carbocycles. The summed E-state index contributed by atoms with van der Waals surface area (Å²) in [5.41, 5.74) is -0.851. The van der Waals surface area contributed by atoms with Crippen LogP contribution in [0.25, 0.3) is 0 Å². The van der Waals surface area contributed by atoms with Crippen molar-refractivity contribution >= 4 is 5.97 Å². The number of hydrogen-bond donors (Lipinski definition) is 2. The Labute approximate surface area is 135 Å². The average Bonchev–Trinajstić information content (AvgIpc) is 2.48. The van der Waals surface area contributed by atoms with Crippen LogP contribution in [0.3, 0.4) is 0 Å². The minimum absolute atomic E-state index is 0.0158. The Kier molecular flexibility index (Phi) is 10.4. The molecular weight excluding hydrogens is 280 g/mol. The Balaban J connectivity index is 4.68. The first-order valence-electron chi connectivity index (χ1n) is 8.43. The van der Waals surface area contributed by atoms with Gasteiger partial charge in [-0.25, -0.2) is 0 Å². The van der Waals surface area contributed by atoms with E-state index >= 15 is 0 Å². The summed E-state index contributed by atoms with van der Waals surface area (Å²) in [5, 5.41) is 20.9. The third-order valence-electron chi connectivity index (χ3n) is 4.24. The van der Waals surface area contributed by atoms with E-state index in [1.165, 1.54) is 7.11 Å². The average molecular weight is 314 g/mol. The van der Waals surface area contributed by atoms with Crippen LogP contribution < -0.4 is 0 Å². The van der Waals surface area contributed by atoms with Crippen LogP contribution in [-0.2, 0) is 9.53 Å². The van der Waals surface area contributed by atoms with Crippen LogP contribution in [0.4, 0.5) is 0 Å². The zero-order valence-electron chi connectivity index (χ0n) is 14.8. The molecule has 2 N–H and O–H groups in total. The molecular formula is C18H34O4. The van der Waals surface area contributed by atoms with Crippen molar-refractivity contribution in [3.63, 3.8) is 0 Å². The quantitative estimate of drug-likeness (QED) is 0.453. The molecule has 0 aliphatic heterocycles. The number of rotatable bonds is 11. The van der Waals surface area contributed by atoms with E-state index in [-0.39, 0.29) is 12.3 Å². The molecule has 4 nitrogen and oxygen atoms in total. The minimum Gasteiger partial charge on any atom is -0.469 e. The van der Waals surface area contributed by atoms with E-state index in [1.54, 1.807) is 0 Å². The van der Waals surface area contributed by atoms with Crippen molar-refractivity contribution in [3.05, 3.63) is 12.2 Å². The molecule has 0 rings (SSSR count). The molecule has 0 amide bonds. The minimum atomic E-state index is -0.851. The van der Waals surface area contributed by atoms with Gasteiger partial charge >= 0.3 is 5.97 Å². The maximum atomic E-state index is 11.3. The highest BCUT2D eigenvalue weighted by Gasteiger charge is 2.31. The second-order valence-corrected chi connectivity index (χ2v) is 6.43. The lowest BCUT2D eigenvalue weighted by Gasteiger charge is -2.32. The van der Waals surface area contributed by atoms with Crippen molar-refractivity contribution in [2.24, 2.45) is 11.8 Å². The molecule has 0 heterocycles. The van der Waals surface area contributed by atoms with Gasteiger partial charge in [0.2, 0.25) is 0 Å². The van der Waals surface area contributed by atoms with Gasteiger partial charge in [-0.1, -0.05) is 39.3 Å². The van der Waals surface area contributed by atoms with Crippen molar-refractivity contribution in [1.82, 2.24) is 0 Å². The van der Waals surface area contributed by atoms with Crippen molar-refractivity contribution in [1.29, 1.82) is 0 Å². The number of aliphatic hydroxyl groups is 2. The summed E-state index contributed by atoms with van der Waals surface area (Å²) >= 11 is 0. The summed E-state index contributed by atoms with van der Waals surface area (Å²) in [4.78, 5) is 11.3. The van der Waals surface area contributed by atoms with Crippen molar-refractivity contribution in [2.75, 3.05) is 7.11 Å². The van der Waals surface area contributed by atoms with E-state index in [2.05, 4.69) is 30.7 Å². The molecule has 0 aromatic rings. The van der Waals surface area contributed by atoms with Crippen LogP contribution in [0.15, 0.2) is 12.2 Å². The fourth-order valence-electron chi connectivity index (χ4n) is 2.86. The molecule has 0 unspecified atom stereocenters. The van der Waals surface area contributed by atoms with Crippen LogP contribution in [0, 0.1) is 11.8 Å². The van der Waals surface area contributed by atoms with Gasteiger partial charge < -0.3 is 14.9 Å². The number of aliphatic hydroxyl groups excluding tert-OH is 1. The first-order chi connectivity index (χ1) is 10.3. The third-order valence-corrected chi connectivity index (χ3v) is 4.24. The first kappa shape index (κ1) is 21.1. The van der Waals surface area contributed by atoms with Crippen LogP contribution >= 0.6 is 0 Å². The van der Waals surface area contributed by atoms with Gasteiger partial charge in [0.15, 0.2) is 0 Å². The van der Waals surface area contributed by atoms with E-state index in [0.717, 1.165) is 19.3 Å². The molecule has 0 aromatic heterocycles. The number of esters is 1. The van der Waals surface area contributed by atoms with Gasteiger partial charge in [-0.3, -0.25) is 4.79 Å². The van der Waals surface area contributed by atoms with Gasteiger partial charge in [-0.05, 0) is 44.4 Å². The Morgan fingerprint density at radius 2 is 1.86 bits per heavy atom. The maximum Gasteiger partial charge on any atom is 0.308 e. The topological polar surface area (TPSA) is 66.8 Å². The lowest BCUT2D eigenvalue weighted by Crippen LogP contribution is -2.35. The number of allylic oxidation sites excluding steroid dienone is 2. The fourth-order valence-corrected chi connectivity index (χ4v) is 2.86. The predicted octanol–water partition coefficient (Wildman–Crippen LogP) is 3.46. The molecule has 0 aliphatic rings. The first-order valence-corrected chi connectivity index (χ1v) is 8.43. The standard InChI is InChI=1S/C18H34O4/c1-6-9-10-14(7-2)12-18(4,21)13-15(8-3)16(19)11-17(20)22-5/h9-10,14-16,19,21H,6-8,11-13H2,1-5H3/b10-9+/t14-,15+,16+,18-/m0/s1. The van der Waals surface area contributed by atoms with Crippen LogP contribution in [-0.4, -0.2) is 35.0 Å². The van der Waals surface area contributed by atoms with Crippen LogP contribution in [0.2, 0.25) is 0 Å². The number of methoxy groups -OCH3 is 1. The summed E-state index contributed by atoms with van der Waals surface area (Å²) in [5.74, 6) is -0.185. The third kappa shape index (κ3) is 8.54. The van der Waals surface area contributed by atoms with E-state index in [9.17, 15) is 15.0 Å². The number of carbonyl (C=O) groups excluding carboxylic acids is 1. The molecule has 0 fully saturated rings. The maximum absolute atomic E-state index is 11.3. The highest BCUT2D eigenvalue weighted by molar-refractivity contribution is 5.69. The second kappa shape index (κ2) is 10.8. The van der Waals surface area contributed by atoms with Crippen LogP contribution in [0.5, 0.6) is 0 Å². The van der Waals surface area contributed by atoms with E-state index < -0.39 is 17.7 Å². The largest absolute Gasteiger partial charge is 0.469 e. The monoisotopic (exact) mass is 314 g/mol. The molecule has 0 saturated heterocycles. The lowest BCUT2D eigenvalue weighted by molar-refractivity contribution is -0.144. The Morgan fingerprint density at radius 3 is 2.32 bits per heavy atom. The molecule has 0 aromatic carbocycles. The van der Waals surface area contributed by atoms with Crippen molar-refractivity contribution < 1.29 is 19.7 Å². The van der Waals surface area contributed by atoms with Gasteiger partial charge in [-0.2, -0.15) is 0 Å². The molecule has 0 spiro atoms. The number of ether oxygens (including phenoxy) is 1. The van der Waals surface area contributed by atoms with Gasteiger partial charge in [0.1, 0.15) is 0 Å². The second-order valence-electron chi connectivity index (χ2n) is 6.43. The summed E-state index contributed by atoms with van der Waals surface area (Å²) < 4.78 is 4.60. The molecule has 130 valence electrons. The SMILES string of the molecule is CC/C=C/[C@H](CC)C[C@](C)(O)C[C@@H](CC)[C@H](O)CC(=O)OC. The molecule has 4 heteroatoms. The highest BCUT2D eigenvalue weighted by atomic mass is 16.5.